The number of thiophene rings is 3. The van der Waals surface area contributed by atoms with E-state index in [0.29, 0.717) is 124 Å². The van der Waals surface area contributed by atoms with Gasteiger partial charge in [-0.15, -0.1) is 34.0 Å². The van der Waals surface area contributed by atoms with Crippen LogP contribution in [0.4, 0.5) is 11.4 Å². The van der Waals surface area contributed by atoms with Crippen molar-refractivity contribution in [1.82, 2.24) is 19.9 Å². The summed E-state index contributed by atoms with van der Waals surface area (Å²) in [5.74, 6) is 0.202. The summed E-state index contributed by atoms with van der Waals surface area (Å²) in [5, 5.41) is 47.1. The van der Waals surface area contributed by atoms with Crippen LogP contribution in [0.25, 0.3) is 138 Å². The summed E-state index contributed by atoms with van der Waals surface area (Å²) in [4.78, 5) is 79.3. The molecule has 1 aliphatic heterocycles. The van der Waals surface area contributed by atoms with Crippen molar-refractivity contribution in [2.24, 2.45) is 0 Å². The number of benzene rings is 12. The second kappa shape index (κ2) is 39.6. The van der Waals surface area contributed by atoms with E-state index in [0.717, 1.165) is 143 Å². The van der Waals surface area contributed by atoms with E-state index in [1.807, 2.05) is 194 Å². The van der Waals surface area contributed by atoms with Crippen molar-refractivity contribution in [2.75, 3.05) is 6.79 Å². The summed E-state index contributed by atoms with van der Waals surface area (Å²) < 4.78 is 45.4. The van der Waals surface area contributed by atoms with Gasteiger partial charge in [0.1, 0.15) is 54.1 Å². The number of carboxylic acids is 4. The molecular formula is C116H90N6O15S3. The zero-order valence-electron chi connectivity index (χ0n) is 77.4. The number of hydrogen-bond donors (Lipinski definition) is 4. The van der Waals surface area contributed by atoms with Crippen LogP contribution in [0.3, 0.4) is 0 Å². The highest BCUT2D eigenvalue weighted by Gasteiger charge is 2.31. The van der Waals surface area contributed by atoms with Crippen LogP contribution in [0.2, 0.25) is 0 Å². The van der Waals surface area contributed by atoms with Crippen molar-refractivity contribution in [2.45, 2.75) is 113 Å². The summed E-state index contributed by atoms with van der Waals surface area (Å²) >= 11 is 4.85. The van der Waals surface area contributed by atoms with Gasteiger partial charge in [-0.1, -0.05) is 182 Å². The normalized spacial score (nSPS) is 13.1. The summed E-state index contributed by atoms with van der Waals surface area (Å²) in [6, 6.07) is 84.3. The Morgan fingerprint density at radius 3 is 1.31 bits per heavy atom. The number of fused-ring (bicyclic) bond motifs is 9. The van der Waals surface area contributed by atoms with Crippen molar-refractivity contribution in [3.05, 3.63) is 379 Å². The maximum atomic E-state index is 12.5. The first-order chi connectivity index (χ1) is 67.9. The predicted octanol–water partition coefficient (Wildman–Crippen LogP) is 29.9. The van der Waals surface area contributed by atoms with Gasteiger partial charge in [0, 0.05) is 30.6 Å². The monoisotopic (exact) mass is 1900 g/mol. The quantitative estimate of drug-likeness (QED) is 0.0516. The van der Waals surface area contributed by atoms with Gasteiger partial charge in [0.2, 0.25) is 6.79 Å². The Labute approximate surface area is 817 Å². The third-order valence-electron chi connectivity index (χ3n) is 25.7. The average molecular weight is 1900 g/mol. The number of aryl methyl sites for hydroxylation is 8. The molecular weight excluding hydrogens is 1810 g/mol. The maximum absolute atomic E-state index is 12.5. The number of para-hydroxylation sites is 3. The number of nitrogens with zero attached hydrogens (tertiary/aromatic N) is 6. The molecule has 2 aliphatic rings. The number of furan rings is 1. The first kappa shape index (κ1) is 92.4. The van der Waals surface area contributed by atoms with Crippen molar-refractivity contribution in [3.63, 3.8) is 0 Å². The topological polar surface area (TPSA) is 278 Å². The number of aromatic nitrogens is 4. The fraction of sp³-hybridized carbons (Fsp3) is 0.155. The number of aromatic carboxylic acids is 4. The number of carbonyl (C=O) groups is 4. The third kappa shape index (κ3) is 18.4. The molecule has 0 saturated heterocycles. The molecule has 9 heterocycles. The van der Waals surface area contributed by atoms with Gasteiger partial charge in [0.05, 0.1) is 117 Å². The Hall–Kier alpha value is -16.6. The van der Waals surface area contributed by atoms with Gasteiger partial charge >= 0.3 is 23.9 Å². The Kier molecular flexibility index (Phi) is 26.1. The SMILES string of the molecule is Cc1c(-c2cc(C(=O)O)c3c(OCc4cccc5c4OCO5)ccc(C)c3n2)sc2ccccc12.Cc1c(-c2cc(C(=O)O)c3c(O[C@H]4CCC[C@@H](c5ccccc5)C4)ccc(C)c3n2)oc2ccccc12.[C-]#[N+]c1cccc(COc2ccc(C)c3nc(-c4sc5ccccc5c4C)cc(C(=O)O)c23)c1.[C-]#[N+]c1ccccc1COc1ccc(C)c2nc(-c3sc4ccccc4c3C)cc(C(=O)O)c12. The standard InChI is InChI=1S/C32H29NO4.2C28H20N2O3S.C28H21NO5S/c1-19-15-16-28(36-23-12-8-11-22(17-23)21-9-4-3-5-10-21)29-25(32(34)35)18-26(33-30(19)29)31-20(2)24-13-6-7-14-27(24)37-31;1-16-12-13-23(33-15-18-8-4-6-10-21(18)29-3)25-20(28(31)32)14-22(30-26(16)25)27-17(2)19-9-5-7-11-24(19)34-27;1-16-11-12-23(33-15-18-7-6-8-19(13-18)29-3)25-21(28(31)32)14-22(30-26(16)25)27-17(2)20-9-4-5-10-24(20)34-27;1-15-10-11-21(32-13-17-6-5-8-22-26(17)34-14-33-22)24-19(28(30)31)12-20(29-25(15)24)27-16(2)18-7-3-4-9-23(18)35-27/h3-7,9-10,13-16,18,22-23H,8,11-12,17H2,1-2H3,(H,34,35);2*4-14H,15H2,1-2H3,(H,31,32);3-12H,13-14H2,1-2H3,(H,30,31)/t22-,23+;;;/m1.../s1. The van der Waals surface area contributed by atoms with Crippen LogP contribution in [-0.4, -0.2) is 77.1 Å². The van der Waals surface area contributed by atoms with E-state index in [1.54, 1.807) is 94.7 Å². The molecule has 0 spiro atoms. The van der Waals surface area contributed by atoms with E-state index in [4.69, 9.17) is 65.9 Å². The zero-order chi connectivity index (χ0) is 97.3. The molecule has 692 valence electrons. The molecule has 12 aromatic carbocycles. The number of pyridine rings is 4. The Balaban J connectivity index is 0.000000119. The van der Waals surface area contributed by atoms with Crippen molar-refractivity contribution in [1.29, 1.82) is 0 Å². The fourth-order valence-electron chi connectivity index (χ4n) is 18.5. The molecule has 1 fully saturated rings. The van der Waals surface area contributed by atoms with Gasteiger partial charge in [0.15, 0.2) is 28.6 Å². The number of hydrogen-bond acceptors (Lipinski definition) is 18. The molecule has 8 aromatic heterocycles. The lowest BCUT2D eigenvalue weighted by atomic mass is 9.82. The predicted molar refractivity (Wildman–Crippen MR) is 553 cm³/mol. The van der Waals surface area contributed by atoms with E-state index in [1.165, 1.54) is 5.56 Å². The minimum Gasteiger partial charge on any atom is -0.490 e. The highest BCUT2D eigenvalue weighted by Crippen LogP contribution is 2.48. The van der Waals surface area contributed by atoms with E-state index in [2.05, 4.69) is 77.3 Å². The molecule has 21 nitrogen and oxygen atoms in total. The lowest BCUT2D eigenvalue weighted by Crippen LogP contribution is -2.24. The van der Waals surface area contributed by atoms with Gasteiger partial charge in [0.25, 0.3) is 0 Å². The number of rotatable bonds is 20. The third-order valence-corrected chi connectivity index (χ3v) is 29.6. The molecule has 2 atom stereocenters. The van der Waals surface area contributed by atoms with Crippen LogP contribution in [0.5, 0.6) is 34.5 Å². The first-order valence-corrected chi connectivity index (χ1v) is 47.9. The molecule has 0 bridgehead atoms. The smallest absolute Gasteiger partial charge is 0.336 e. The van der Waals surface area contributed by atoms with Gasteiger partial charge in [-0.05, 0) is 244 Å². The van der Waals surface area contributed by atoms with Crippen LogP contribution < -0.4 is 28.4 Å². The van der Waals surface area contributed by atoms with Crippen LogP contribution in [-0.2, 0) is 19.8 Å². The summed E-state index contributed by atoms with van der Waals surface area (Å²) in [6.07, 6.45) is 4.09. The van der Waals surface area contributed by atoms with Crippen molar-refractivity contribution < 1.29 is 72.4 Å². The average Bonchev–Trinajstić information content (AvgIpc) is 1.29. The van der Waals surface area contributed by atoms with Gasteiger partial charge in [-0.25, -0.2) is 48.8 Å². The fourth-order valence-corrected chi connectivity index (χ4v) is 22.0. The Morgan fingerprint density at radius 2 is 0.821 bits per heavy atom. The molecule has 1 aliphatic carbocycles. The number of ether oxygens (including phenoxy) is 6. The Morgan fingerprint density at radius 1 is 0.400 bits per heavy atom. The summed E-state index contributed by atoms with van der Waals surface area (Å²) in [7, 11) is 0. The molecule has 0 radical (unpaired) electrons. The van der Waals surface area contributed by atoms with Crippen LogP contribution in [0, 0.1) is 68.5 Å². The maximum Gasteiger partial charge on any atom is 0.336 e. The van der Waals surface area contributed by atoms with Gasteiger partial charge in [-0.2, -0.15) is 0 Å². The summed E-state index contributed by atoms with van der Waals surface area (Å²) in [5.41, 5.74) is 18.8. The van der Waals surface area contributed by atoms with Crippen molar-refractivity contribution >= 4 is 154 Å². The summed E-state index contributed by atoms with van der Waals surface area (Å²) in [6.45, 7) is 31.2. The minimum absolute atomic E-state index is 0.0174. The molecule has 0 amide bonds. The lowest BCUT2D eigenvalue weighted by molar-refractivity contribution is 0.0687. The molecule has 140 heavy (non-hydrogen) atoms. The minimum atomic E-state index is -1.04. The molecule has 1 saturated carbocycles. The second-order valence-corrected chi connectivity index (χ2v) is 37.8. The van der Waals surface area contributed by atoms with Gasteiger partial charge < -0.3 is 53.3 Å². The highest BCUT2D eigenvalue weighted by atomic mass is 32.1. The van der Waals surface area contributed by atoms with Crippen molar-refractivity contribution in [3.8, 4) is 77.7 Å². The molecule has 20 aromatic rings. The number of carboxylic acid groups (broad SMARTS) is 4. The molecule has 24 heteroatoms. The van der Waals surface area contributed by atoms with E-state index in [-0.39, 0.29) is 55.0 Å². The second-order valence-electron chi connectivity index (χ2n) is 34.6. The van der Waals surface area contributed by atoms with Crippen LogP contribution in [0.1, 0.15) is 140 Å². The van der Waals surface area contributed by atoms with Crippen LogP contribution >= 0.6 is 34.0 Å². The largest absolute Gasteiger partial charge is 0.490 e. The first-order valence-electron chi connectivity index (χ1n) is 45.5. The molecule has 22 rings (SSSR count). The Bertz CT molecular complexity index is 8480. The van der Waals surface area contributed by atoms with E-state index in [9.17, 15) is 39.6 Å². The molecule has 4 N–H and O–H groups in total. The van der Waals surface area contributed by atoms with Gasteiger partial charge in [-0.3, -0.25) is 0 Å². The highest BCUT2D eigenvalue weighted by molar-refractivity contribution is 7.23. The van der Waals surface area contributed by atoms with Crippen LogP contribution in [0.15, 0.2) is 271 Å². The van der Waals surface area contributed by atoms with E-state index < -0.39 is 23.9 Å². The lowest BCUT2D eigenvalue weighted by Gasteiger charge is -2.30. The van der Waals surface area contributed by atoms with E-state index >= 15 is 0 Å². The molecule has 0 unspecified atom stereocenters. The zero-order valence-corrected chi connectivity index (χ0v) is 79.9.